The van der Waals surface area contributed by atoms with Crippen LogP contribution >= 0.6 is 0 Å². The van der Waals surface area contributed by atoms with Crippen molar-refractivity contribution in [1.82, 2.24) is 20.6 Å². The number of ether oxygens (including phenoxy) is 1. The van der Waals surface area contributed by atoms with Gasteiger partial charge in [0.15, 0.2) is 0 Å². The SMILES string of the molecule is Cc1[nH]cnc1CNC(=O)C(CC(=O)O)NC(=O)OCC1c2ccccc2-c2ccccc21. The molecule has 1 unspecified atom stereocenters. The summed E-state index contributed by atoms with van der Waals surface area (Å²) in [6.45, 7) is 1.97. The Kier molecular flexibility index (Phi) is 6.39. The van der Waals surface area contributed by atoms with Gasteiger partial charge in [-0.2, -0.15) is 0 Å². The summed E-state index contributed by atoms with van der Waals surface area (Å²) in [6.07, 6.45) is 0.0741. The maximum Gasteiger partial charge on any atom is 0.407 e. The number of carbonyl (C=O) groups excluding carboxylic acids is 2. The number of carbonyl (C=O) groups is 3. The molecule has 1 aliphatic carbocycles. The molecule has 1 aliphatic rings. The van der Waals surface area contributed by atoms with E-state index in [0.29, 0.717) is 5.69 Å². The molecule has 4 rings (SSSR count). The molecule has 0 bridgehead atoms. The van der Waals surface area contributed by atoms with Crippen LogP contribution in [0.3, 0.4) is 0 Å². The number of nitrogens with one attached hydrogen (secondary N) is 3. The molecule has 0 saturated carbocycles. The first-order valence-corrected chi connectivity index (χ1v) is 10.5. The number of fused-ring (bicyclic) bond motifs is 3. The molecule has 170 valence electrons. The Balaban J connectivity index is 1.39. The van der Waals surface area contributed by atoms with E-state index in [1.54, 1.807) is 6.92 Å². The Hall–Kier alpha value is -4.14. The fourth-order valence-corrected chi connectivity index (χ4v) is 4.03. The third-order valence-corrected chi connectivity index (χ3v) is 5.70. The largest absolute Gasteiger partial charge is 0.481 e. The van der Waals surface area contributed by atoms with Crippen LogP contribution in [0.4, 0.5) is 4.79 Å². The van der Waals surface area contributed by atoms with E-state index < -0.39 is 30.4 Å². The normalized spacial score (nSPS) is 13.0. The van der Waals surface area contributed by atoms with Gasteiger partial charge in [0.25, 0.3) is 0 Å². The van der Waals surface area contributed by atoms with E-state index in [0.717, 1.165) is 27.9 Å². The summed E-state index contributed by atoms with van der Waals surface area (Å²) >= 11 is 0. The molecule has 1 atom stereocenters. The molecule has 0 saturated heterocycles. The van der Waals surface area contributed by atoms with Crippen molar-refractivity contribution in [3.63, 3.8) is 0 Å². The molecule has 0 aliphatic heterocycles. The minimum absolute atomic E-state index is 0.0632. The molecule has 0 fully saturated rings. The van der Waals surface area contributed by atoms with Crippen LogP contribution in [-0.4, -0.2) is 45.7 Å². The van der Waals surface area contributed by atoms with Gasteiger partial charge in [-0.25, -0.2) is 9.78 Å². The maximum absolute atomic E-state index is 12.5. The Morgan fingerprint density at radius 1 is 1.09 bits per heavy atom. The predicted octanol–water partition coefficient (Wildman–Crippen LogP) is 2.72. The summed E-state index contributed by atoms with van der Waals surface area (Å²) in [5, 5.41) is 14.2. The number of aromatic nitrogens is 2. The summed E-state index contributed by atoms with van der Waals surface area (Å²) < 4.78 is 5.43. The molecule has 1 heterocycles. The standard InChI is InChI=1S/C24H24N4O5/c1-14-21(27-13-26-14)11-25-23(31)20(10-22(29)30)28-24(32)33-12-19-17-8-4-2-6-15(17)16-7-3-5-9-18(16)19/h2-9,13,19-20H,10-12H2,1H3,(H,25,31)(H,26,27)(H,28,32)(H,29,30). The van der Waals surface area contributed by atoms with E-state index in [1.807, 2.05) is 48.5 Å². The fraction of sp³-hybridized carbons (Fsp3) is 0.250. The van der Waals surface area contributed by atoms with Crippen molar-refractivity contribution in [2.45, 2.75) is 31.8 Å². The third-order valence-electron chi connectivity index (χ3n) is 5.70. The highest BCUT2D eigenvalue weighted by molar-refractivity contribution is 5.89. The zero-order chi connectivity index (χ0) is 23.4. The number of hydrogen-bond acceptors (Lipinski definition) is 5. The summed E-state index contributed by atoms with van der Waals surface area (Å²) in [5.41, 5.74) is 5.72. The Morgan fingerprint density at radius 2 is 1.73 bits per heavy atom. The molecule has 2 aromatic carbocycles. The lowest BCUT2D eigenvalue weighted by Gasteiger charge is -2.18. The van der Waals surface area contributed by atoms with Crippen molar-refractivity contribution in [2.75, 3.05) is 6.61 Å². The summed E-state index contributed by atoms with van der Waals surface area (Å²) in [4.78, 5) is 43.2. The Labute approximate surface area is 190 Å². The number of benzene rings is 2. The van der Waals surface area contributed by atoms with Crippen molar-refractivity contribution in [1.29, 1.82) is 0 Å². The van der Waals surface area contributed by atoms with Crippen LogP contribution in [0.25, 0.3) is 11.1 Å². The lowest BCUT2D eigenvalue weighted by molar-refractivity contribution is -0.139. The first-order chi connectivity index (χ1) is 15.9. The minimum Gasteiger partial charge on any atom is -0.481 e. The summed E-state index contributed by atoms with van der Waals surface area (Å²) in [6, 6.07) is 14.6. The second-order valence-electron chi connectivity index (χ2n) is 7.81. The Morgan fingerprint density at radius 3 is 2.30 bits per heavy atom. The number of rotatable bonds is 8. The molecule has 2 amide bonds. The van der Waals surface area contributed by atoms with Gasteiger partial charge in [0.2, 0.25) is 5.91 Å². The van der Waals surface area contributed by atoms with Gasteiger partial charge in [0.1, 0.15) is 12.6 Å². The van der Waals surface area contributed by atoms with Crippen molar-refractivity contribution in [2.24, 2.45) is 0 Å². The summed E-state index contributed by atoms with van der Waals surface area (Å²) in [5.74, 6) is -1.99. The number of amides is 2. The number of imidazole rings is 1. The van der Waals surface area contributed by atoms with Crippen LogP contribution in [-0.2, 0) is 20.9 Å². The van der Waals surface area contributed by atoms with Crippen molar-refractivity contribution in [3.8, 4) is 11.1 Å². The first kappa shape index (κ1) is 22.1. The topological polar surface area (TPSA) is 133 Å². The zero-order valence-electron chi connectivity index (χ0n) is 18.0. The predicted molar refractivity (Wildman–Crippen MR) is 119 cm³/mol. The molecule has 9 heteroatoms. The number of nitrogens with zero attached hydrogens (tertiary/aromatic N) is 1. The number of carboxylic acid groups (broad SMARTS) is 1. The second kappa shape index (κ2) is 9.56. The molecule has 4 N–H and O–H groups in total. The van der Waals surface area contributed by atoms with E-state index in [4.69, 9.17) is 4.74 Å². The van der Waals surface area contributed by atoms with Crippen LogP contribution in [0.5, 0.6) is 0 Å². The van der Waals surface area contributed by atoms with Crippen LogP contribution in [0, 0.1) is 6.92 Å². The number of carboxylic acids is 1. The highest BCUT2D eigenvalue weighted by Gasteiger charge is 2.30. The van der Waals surface area contributed by atoms with Crippen molar-refractivity contribution < 1.29 is 24.2 Å². The average molecular weight is 448 g/mol. The average Bonchev–Trinajstić information content (AvgIpc) is 3.36. The van der Waals surface area contributed by atoms with E-state index in [1.165, 1.54) is 6.33 Å². The Bertz CT molecular complexity index is 1140. The summed E-state index contributed by atoms with van der Waals surface area (Å²) in [7, 11) is 0. The number of alkyl carbamates (subject to hydrolysis) is 1. The van der Waals surface area contributed by atoms with Gasteiger partial charge in [-0.3, -0.25) is 9.59 Å². The lowest BCUT2D eigenvalue weighted by Crippen LogP contribution is -2.48. The van der Waals surface area contributed by atoms with Gasteiger partial charge in [-0.1, -0.05) is 48.5 Å². The van der Waals surface area contributed by atoms with Crippen LogP contribution in [0.15, 0.2) is 54.9 Å². The highest BCUT2D eigenvalue weighted by Crippen LogP contribution is 2.44. The molecule has 3 aromatic rings. The minimum atomic E-state index is -1.28. The first-order valence-electron chi connectivity index (χ1n) is 10.5. The highest BCUT2D eigenvalue weighted by atomic mass is 16.5. The fourth-order valence-electron chi connectivity index (χ4n) is 4.03. The number of aromatic amines is 1. The van der Waals surface area contributed by atoms with Crippen LogP contribution in [0.1, 0.15) is 34.9 Å². The van der Waals surface area contributed by atoms with Crippen LogP contribution < -0.4 is 10.6 Å². The van der Waals surface area contributed by atoms with Crippen LogP contribution in [0.2, 0.25) is 0 Å². The van der Waals surface area contributed by atoms with Gasteiger partial charge in [0, 0.05) is 11.6 Å². The van der Waals surface area contributed by atoms with Gasteiger partial charge in [-0.15, -0.1) is 0 Å². The maximum atomic E-state index is 12.5. The van der Waals surface area contributed by atoms with E-state index in [2.05, 4.69) is 20.6 Å². The second-order valence-corrected chi connectivity index (χ2v) is 7.81. The quantitative estimate of drug-likeness (QED) is 0.419. The van der Waals surface area contributed by atoms with Gasteiger partial charge in [-0.05, 0) is 29.2 Å². The van der Waals surface area contributed by atoms with Gasteiger partial charge in [0.05, 0.1) is 25.0 Å². The molecule has 0 spiro atoms. The van der Waals surface area contributed by atoms with Crippen molar-refractivity contribution in [3.05, 3.63) is 77.4 Å². The van der Waals surface area contributed by atoms with Crippen molar-refractivity contribution >= 4 is 18.0 Å². The molecule has 0 radical (unpaired) electrons. The number of aliphatic carboxylic acids is 1. The number of H-pyrrole nitrogens is 1. The molecule has 1 aromatic heterocycles. The lowest BCUT2D eigenvalue weighted by atomic mass is 9.98. The monoisotopic (exact) mass is 448 g/mol. The number of hydrogen-bond donors (Lipinski definition) is 4. The molecule has 33 heavy (non-hydrogen) atoms. The van der Waals surface area contributed by atoms with E-state index in [9.17, 15) is 19.5 Å². The third kappa shape index (κ3) is 4.87. The zero-order valence-corrected chi connectivity index (χ0v) is 18.0. The van der Waals surface area contributed by atoms with Gasteiger partial charge >= 0.3 is 12.1 Å². The smallest absolute Gasteiger partial charge is 0.407 e. The number of aryl methyl sites for hydroxylation is 1. The van der Waals surface area contributed by atoms with E-state index in [-0.39, 0.29) is 19.1 Å². The van der Waals surface area contributed by atoms with Gasteiger partial charge < -0.3 is 25.5 Å². The molecule has 9 nitrogen and oxygen atoms in total. The molecular weight excluding hydrogens is 424 g/mol. The van der Waals surface area contributed by atoms with E-state index >= 15 is 0 Å². The molecular formula is C24H24N4O5.